The van der Waals surface area contributed by atoms with Crippen molar-refractivity contribution >= 4 is 16.9 Å². The molecule has 4 rings (SSSR count). The molecule has 1 aliphatic rings. The molecule has 0 spiro atoms. The van der Waals surface area contributed by atoms with E-state index in [0.29, 0.717) is 42.3 Å². The summed E-state index contributed by atoms with van der Waals surface area (Å²) in [7, 11) is 0. The highest BCUT2D eigenvalue weighted by Crippen LogP contribution is 2.29. The monoisotopic (exact) mass is 431 g/mol. The molecule has 8 heteroatoms. The molecule has 0 saturated carbocycles. The molecule has 0 bridgehead atoms. The number of nitrogens with zero attached hydrogens (tertiary/aromatic N) is 5. The molecular formula is C24H25N5O3. The standard InChI is InChI=1S/C24H25N5O3/c1-16(30)29-10-11-31-19(13-29)14-32-23-22-21(26-8-9-27-22)12-20(28-23)17-4-6-18(7-5-17)24(2,3)15-25/h4-9,12,19H,10-11,13-14H2,1-3H3/t19-/m0/s1. The number of nitriles is 1. The molecule has 2 aromatic heterocycles. The van der Waals surface area contributed by atoms with Crippen LogP contribution in [0.5, 0.6) is 5.88 Å². The van der Waals surface area contributed by atoms with Gasteiger partial charge in [0, 0.05) is 31.4 Å². The molecule has 0 N–H and O–H groups in total. The van der Waals surface area contributed by atoms with E-state index < -0.39 is 5.41 Å². The number of pyridine rings is 1. The van der Waals surface area contributed by atoms with Crippen LogP contribution in [0.15, 0.2) is 42.7 Å². The van der Waals surface area contributed by atoms with Crippen LogP contribution in [-0.4, -0.2) is 58.2 Å². The number of amides is 1. The number of aromatic nitrogens is 3. The summed E-state index contributed by atoms with van der Waals surface area (Å²) >= 11 is 0. The van der Waals surface area contributed by atoms with Gasteiger partial charge in [-0.15, -0.1) is 0 Å². The summed E-state index contributed by atoms with van der Waals surface area (Å²) in [5.41, 5.74) is 3.19. The first-order valence-corrected chi connectivity index (χ1v) is 10.5. The van der Waals surface area contributed by atoms with Gasteiger partial charge in [0.15, 0.2) is 5.52 Å². The number of hydrogen-bond donors (Lipinski definition) is 0. The molecule has 3 aromatic rings. The zero-order valence-electron chi connectivity index (χ0n) is 18.4. The van der Waals surface area contributed by atoms with E-state index in [2.05, 4.69) is 16.0 Å². The highest BCUT2D eigenvalue weighted by molar-refractivity contribution is 5.83. The minimum absolute atomic E-state index is 0.0257. The van der Waals surface area contributed by atoms with Crippen LogP contribution in [0.2, 0.25) is 0 Å². The van der Waals surface area contributed by atoms with Crippen molar-refractivity contribution in [3.8, 4) is 23.2 Å². The average molecular weight is 431 g/mol. The van der Waals surface area contributed by atoms with Crippen molar-refractivity contribution in [3.05, 3.63) is 48.3 Å². The number of fused-ring (bicyclic) bond motifs is 1. The molecule has 0 unspecified atom stereocenters. The SMILES string of the molecule is CC(=O)N1CCO[C@H](COc2nc(-c3ccc(C(C)(C)C#N)cc3)cc3nccnc23)C1. The van der Waals surface area contributed by atoms with Gasteiger partial charge in [-0.25, -0.2) is 9.97 Å². The van der Waals surface area contributed by atoms with Crippen molar-refractivity contribution in [3.63, 3.8) is 0 Å². The highest BCUT2D eigenvalue weighted by atomic mass is 16.5. The highest BCUT2D eigenvalue weighted by Gasteiger charge is 2.24. The van der Waals surface area contributed by atoms with E-state index in [1.54, 1.807) is 24.2 Å². The first-order chi connectivity index (χ1) is 15.4. The van der Waals surface area contributed by atoms with E-state index in [9.17, 15) is 10.1 Å². The van der Waals surface area contributed by atoms with Crippen LogP contribution < -0.4 is 4.74 Å². The van der Waals surface area contributed by atoms with Crippen LogP contribution >= 0.6 is 0 Å². The Kier molecular flexibility index (Phi) is 6.01. The van der Waals surface area contributed by atoms with Crippen molar-refractivity contribution in [1.29, 1.82) is 5.26 Å². The van der Waals surface area contributed by atoms with Gasteiger partial charge in [0.05, 0.1) is 35.8 Å². The Morgan fingerprint density at radius 3 is 2.75 bits per heavy atom. The number of ether oxygens (including phenoxy) is 2. The van der Waals surface area contributed by atoms with Crippen molar-refractivity contribution in [2.24, 2.45) is 0 Å². The van der Waals surface area contributed by atoms with Crippen molar-refractivity contribution in [2.45, 2.75) is 32.3 Å². The second kappa shape index (κ2) is 8.89. The molecule has 8 nitrogen and oxygen atoms in total. The zero-order valence-corrected chi connectivity index (χ0v) is 18.4. The van der Waals surface area contributed by atoms with E-state index in [-0.39, 0.29) is 18.6 Å². The number of hydrogen-bond acceptors (Lipinski definition) is 7. The van der Waals surface area contributed by atoms with Gasteiger partial charge in [-0.2, -0.15) is 5.26 Å². The lowest BCUT2D eigenvalue weighted by atomic mass is 9.86. The molecule has 0 aliphatic carbocycles. The van der Waals surface area contributed by atoms with Crippen molar-refractivity contribution in [2.75, 3.05) is 26.3 Å². The minimum atomic E-state index is -0.567. The van der Waals surface area contributed by atoms with Crippen molar-refractivity contribution < 1.29 is 14.3 Å². The summed E-state index contributed by atoms with van der Waals surface area (Å²) in [5, 5.41) is 9.38. The summed E-state index contributed by atoms with van der Waals surface area (Å²) in [5.74, 6) is 0.397. The Hall–Kier alpha value is -3.57. The van der Waals surface area contributed by atoms with Gasteiger partial charge in [-0.1, -0.05) is 24.3 Å². The molecule has 0 radical (unpaired) electrons. The van der Waals surface area contributed by atoms with Crippen LogP contribution in [0, 0.1) is 11.3 Å². The third-order valence-corrected chi connectivity index (χ3v) is 5.60. The van der Waals surface area contributed by atoms with Gasteiger partial charge in [-0.05, 0) is 25.5 Å². The first kappa shape index (κ1) is 21.7. The van der Waals surface area contributed by atoms with Gasteiger partial charge in [0.2, 0.25) is 11.8 Å². The topological polar surface area (TPSA) is 101 Å². The number of benzene rings is 1. The van der Waals surface area contributed by atoms with Crippen molar-refractivity contribution in [1.82, 2.24) is 19.9 Å². The predicted octanol–water partition coefficient (Wildman–Crippen LogP) is 3.12. The molecule has 1 fully saturated rings. The lowest BCUT2D eigenvalue weighted by Crippen LogP contribution is -2.46. The van der Waals surface area contributed by atoms with Crippen LogP contribution in [0.1, 0.15) is 26.3 Å². The maximum atomic E-state index is 11.7. The normalized spacial score (nSPS) is 16.6. The Bertz CT molecular complexity index is 1170. The maximum absolute atomic E-state index is 11.7. The van der Waals surface area contributed by atoms with Crippen LogP contribution in [0.3, 0.4) is 0 Å². The maximum Gasteiger partial charge on any atom is 0.242 e. The largest absolute Gasteiger partial charge is 0.473 e. The molecule has 1 aliphatic heterocycles. The fourth-order valence-corrected chi connectivity index (χ4v) is 3.59. The lowest BCUT2D eigenvalue weighted by molar-refractivity contribution is -0.137. The summed E-state index contributed by atoms with van der Waals surface area (Å²) < 4.78 is 11.8. The Morgan fingerprint density at radius 2 is 2.03 bits per heavy atom. The van der Waals surface area contributed by atoms with Gasteiger partial charge in [0.25, 0.3) is 0 Å². The van der Waals surface area contributed by atoms with Gasteiger partial charge >= 0.3 is 0 Å². The Morgan fingerprint density at radius 1 is 1.28 bits per heavy atom. The quantitative estimate of drug-likeness (QED) is 0.612. The van der Waals surface area contributed by atoms with E-state index in [1.165, 1.54) is 0 Å². The van der Waals surface area contributed by atoms with Crippen LogP contribution in [0.25, 0.3) is 22.3 Å². The molecular weight excluding hydrogens is 406 g/mol. The number of carbonyl (C=O) groups is 1. The molecule has 32 heavy (non-hydrogen) atoms. The number of morpholine rings is 1. The van der Waals surface area contributed by atoms with Gasteiger partial charge in [-0.3, -0.25) is 9.78 Å². The molecule has 1 saturated heterocycles. The Balaban J connectivity index is 1.61. The average Bonchev–Trinajstić information content (AvgIpc) is 2.82. The third-order valence-electron chi connectivity index (χ3n) is 5.60. The minimum Gasteiger partial charge on any atom is -0.473 e. The van der Waals surface area contributed by atoms with Crippen LogP contribution in [0.4, 0.5) is 0 Å². The van der Waals surface area contributed by atoms with Gasteiger partial charge < -0.3 is 14.4 Å². The van der Waals surface area contributed by atoms with E-state index in [0.717, 1.165) is 11.1 Å². The van der Waals surface area contributed by atoms with E-state index in [1.807, 2.05) is 44.2 Å². The molecule has 1 amide bonds. The lowest BCUT2D eigenvalue weighted by Gasteiger charge is -2.32. The van der Waals surface area contributed by atoms with E-state index >= 15 is 0 Å². The van der Waals surface area contributed by atoms with Gasteiger partial charge in [0.1, 0.15) is 12.7 Å². The Labute approximate surface area is 186 Å². The molecule has 164 valence electrons. The summed E-state index contributed by atoms with van der Waals surface area (Å²) in [6.07, 6.45) is 2.99. The second-order valence-electron chi connectivity index (χ2n) is 8.32. The van der Waals surface area contributed by atoms with E-state index in [4.69, 9.17) is 14.5 Å². The predicted molar refractivity (Wildman–Crippen MR) is 119 cm³/mol. The summed E-state index contributed by atoms with van der Waals surface area (Å²) in [6, 6.07) is 11.9. The first-order valence-electron chi connectivity index (χ1n) is 10.5. The fraction of sp³-hybridized carbons (Fsp3) is 0.375. The molecule has 1 atom stereocenters. The summed E-state index contributed by atoms with van der Waals surface area (Å²) in [4.78, 5) is 26.9. The molecule has 1 aromatic carbocycles. The summed E-state index contributed by atoms with van der Waals surface area (Å²) in [6.45, 7) is 7.13. The zero-order chi connectivity index (χ0) is 22.7. The number of rotatable bonds is 5. The van der Waals surface area contributed by atoms with Crippen LogP contribution in [-0.2, 0) is 14.9 Å². The molecule has 3 heterocycles. The second-order valence-corrected chi connectivity index (χ2v) is 8.32. The fourth-order valence-electron chi connectivity index (χ4n) is 3.59. The third kappa shape index (κ3) is 4.53. The number of carbonyl (C=O) groups excluding carboxylic acids is 1. The smallest absolute Gasteiger partial charge is 0.242 e.